The summed E-state index contributed by atoms with van der Waals surface area (Å²) in [5, 5.41) is 0. The number of ether oxygens (including phenoxy) is 1. The maximum absolute atomic E-state index is 12.0. The van der Waals surface area contributed by atoms with Gasteiger partial charge in [0, 0.05) is 16.1 Å². The fraction of sp³-hybridized carbons (Fsp3) is 0.455. The lowest BCUT2D eigenvalue weighted by atomic mass is 10.1. The van der Waals surface area contributed by atoms with E-state index >= 15 is 0 Å². The molecule has 0 saturated carbocycles. The normalized spacial score (nSPS) is 13.5. The Bertz CT molecular complexity index is 379. The van der Waals surface area contributed by atoms with Crippen molar-refractivity contribution in [1.82, 2.24) is 0 Å². The van der Waals surface area contributed by atoms with E-state index in [9.17, 15) is 13.2 Å². The second-order valence-electron chi connectivity index (χ2n) is 3.68. The highest BCUT2D eigenvalue weighted by Crippen LogP contribution is 2.28. The Hall–Kier alpha value is -0.750. The topological polar surface area (TPSA) is 35.2 Å². The molecule has 1 aromatic carbocycles. The fourth-order valence-electron chi connectivity index (χ4n) is 1.28. The van der Waals surface area contributed by atoms with Gasteiger partial charge in [-0.1, -0.05) is 15.9 Å². The van der Waals surface area contributed by atoms with Crippen LogP contribution >= 0.6 is 15.9 Å². The second kappa shape index (κ2) is 5.73. The van der Waals surface area contributed by atoms with Gasteiger partial charge in [-0.05, 0) is 25.1 Å². The molecule has 0 aliphatic rings. The summed E-state index contributed by atoms with van der Waals surface area (Å²) in [6, 6.07) is 4.76. The van der Waals surface area contributed by atoms with Gasteiger partial charge in [0.1, 0.15) is 5.75 Å². The molecule has 0 saturated heterocycles. The first-order valence-electron chi connectivity index (χ1n) is 5.04. The van der Waals surface area contributed by atoms with Crippen LogP contribution in [0, 0.1) is 0 Å². The zero-order chi connectivity index (χ0) is 13.1. The average molecular weight is 312 g/mol. The predicted octanol–water partition coefficient (Wildman–Crippen LogP) is 3.80. The van der Waals surface area contributed by atoms with Gasteiger partial charge in [0.05, 0.1) is 13.0 Å². The van der Waals surface area contributed by atoms with E-state index in [1.165, 1.54) is 0 Å². The number of hydrogen-bond acceptors (Lipinski definition) is 2. The zero-order valence-corrected chi connectivity index (χ0v) is 10.8. The third-order valence-corrected chi connectivity index (χ3v) is 2.60. The Morgan fingerprint density at radius 2 is 2.06 bits per heavy atom. The van der Waals surface area contributed by atoms with E-state index in [-0.39, 0.29) is 6.04 Å². The smallest absolute Gasteiger partial charge is 0.392 e. The second-order valence-corrected chi connectivity index (χ2v) is 4.60. The molecule has 1 aromatic rings. The Balaban J connectivity index is 2.70. The number of hydrogen-bond donors (Lipinski definition) is 1. The molecule has 0 aromatic heterocycles. The van der Waals surface area contributed by atoms with Gasteiger partial charge in [-0.25, -0.2) is 0 Å². The van der Waals surface area contributed by atoms with Gasteiger partial charge in [0.2, 0.25) is 0 Å². The molecule has 0 heterocycles. The molecule has 0 aliphatic carbocycles. The van der Waals surface area contributed by atoms with Gasteiger partial charge in [-0.15, -0.1) is 0 Å². The lowest BCUT2D eigenvalue weighted by Gasteiger charge is -2.15. The van der Waals surface area contributed by atoms with Crippen LogP contribution in [0.1, 0.15) is 24.9 Å². The number of alkyl halides is 3. The number of halogens is 4. The van der Waals surface area contributed by atoms with E-state index in [0.29, 0.717) is 11.3 Å². The highest BCUT2D eigenvalue weighted by molar-refractivity contribution is 9.10. The van der Waals surface area contributed by atoms with E-state index in [1.54, 1.807) is 25.1 Å². The largest absolute Gasteiger partial charge is 0.493 e. The van der Waals surface area contributed by atoms with Crippen LogP contribution in [0.25, 0.3) is 0 Å². The van der Waals surface area contributed by atoms with Crippen molar-refractivity contribution in [3.8, 4) is 5.75 Å². The van der Waals surface area contributed by atoms with Crippen LogP contribution in [0.3, 0.4) is 0 Å². The van der Waals surface area contributed by atoms with E-state index < -0.39 is 19.2 Å². The minimum Gasteiger partial charge on any atom is -0.493 e. The van der Waals surface area contributed by atoms with Crippen LogP contribution in [-0.2, 0) is 0 Å². The summed E-state index contributed by atoms with van der Waals surface area (Å²) in [5.41, 5.74) is 6.40. The highest BCUT2D eigenvalue weighted by Gasteiger charge is 2.27. The third-order valence-electron chi connectivity index (χ3n) is 2.11. The van der Waals surface area contributed by atoms with Crippen LogP contribution in [0.2, 0.25) is 0 Å². The molecule has 0 bridgehead atoms. The molecule has 0 radical (unpaired) electrons. The maximum atomic E-state index is 12.0. The van der Waals surface area contributed by atoms with Crippen molar-refractivity contribution in [2.45, 2.75) is 25.6 Å². The Morgan fingerprint density at radius 3 is 2.59 bits per heavy atom. The molecule has 2 N–H and O–H groups in total. The molecule has 96 valence electrons. The SMILES string of the molecule is C[C@H](N)c1cc(Br)ccc1OCCC(F)(F)F. The van der Waals surface area contributed by atoms with Crippen LogP contribution in [0.5, 0.6) is 5.75 Å². The van der Waals surface area contributed by atoms with Crippen LogP contribution in [0.4, 0.5) is 13.2 Å². The Labute approximate surface area is 106 Å². The molecular formula is C11H13BrF3NO. The number of rotatable bonds is 4. The lowest BCUT2D eigenvalue weighted by Crippen LogP contribution is -2.14. The van der Waals surface area contributed by atoms with Crippen molar-refractivity contribution in [1.29, 1.82) is 0 Å². The minimum absolute atomic E-state index is 0.298. The molecule has 0 amide bonds. The Morgan fingerprint density at radius 1 is 1.41 bits per heavy atom. The molecule has 0 aliphatic heterocycles. The summed E-state index contributed by atoms with van der Waals surface area (Å²) in [6.07, 6.45) is -5.18. The molecule has 0 spiro atoms. The van der Waals surface area contributed by atoms with E-state index in [4.69, 9.17) is 10.5 Å². The van der Waals surface area contributed by atoms with Gasteiger partial charge in [-0.2, -0.15) is 13.2 Å². The zero-order valence-electron chi connectivity index (χ0n) is 9.22. The summed E-state index contributed by atoms with van der Waals surface area (Å²) in [4.78, 5) is 0. The summed E-state index contributed by atoms with van der Waals surface area (Å²) in [7, 11) is 0. The van der Waals surface area contributed by atoms with Crippen LogP contribution in [-0.4, -0.2) is 12.8 Å². The van der Waals surface area contributed by atoms with Crippen molar-refractivity contribution in [3.05, 3.63) is 28.2 Å². The first kappa shape index (κ1) is 14.3. The first-order chi connectivity index (χ1) is 7.79. The molecule has 0 fully saturated rings. The van der Waals surface area contributed by atoms with Crippen molar-refractivity contribution in [2.75, 3.05) is 6.61 Å². The first-order valence-corrected chi connectivity index (χ1v) is 5.83. The van der Waals surface area contributed by atoms with Gasteiger partial charge >= 0.3 is 6.18 Å². The van der Waals surface area contributed by atoms with Crippen LogP contribution < -0.4 is 10.5 Å². The molecular weight excluding hydrogens is 299 g/mol. The minimum atomic E-state index is -4.20. The fourth-order valence-corrected chi connectivity index (χ4v) is 1.66. The van der Waals surface area contributed by atoms with Crippen molar-refractivity contribution in [3.63, 3.8) is 0 Å². The summed E-state index contributed by atoms with van der Waals surface area (Å²) >= 11 is 3.27. The van der Waals surface area contributed by atoms with Crippen LogP contribution in [0.15, 0.2) is 22.7 Å². The monoisotopic (exact) mass is 311 g/mol. The molecule has 1 atom stereocenters. The van der Waals surface area contributed by atoms with E-state index in [0.717, 1.165) is 4.47 Å². The highest BCUT2D eigenvalue weighted by atomic mass is 79.9. The van der Waals surface area contributed by atoms with Crippen molar-refractivity contribution >= 4 is 15.9 Å². The average Bonchev–Trinajstić information content (AvgIpc) is 2.18. The third kappa shape index (κ3) is 4.95. The van der Waals surface area contributed by atoms with Gasteiger partial charge < -0.3 is 10.5 Å². The lowest BCUT2D eigenvalue weighted by molar-refractivity contribution is -0.139. The van der Waals surface area contributed by atoms with E-state index in [2.05, 4.69) is 15.9 Å². The maximum Gasteiger partial charge on any atom is 0.392 e. The quantitative estimate of drug-likeness (QED) is 0.918. The molecule has 2 nitrogen and oxygen atoms in total. The van der Waals surface area contributed by atoms with Crippen molar-refractivity contribution in [2.24, 2.45) is 5.73 Å². The predicted molar refractivity (Wildman–Crippen MR) is 62.9 cm³/mol. The van der Waals surface area contributed by atoms with Gasteiger partial charge in [0.15, 0.2) is 0 Å². The molecule has 0 unspecified atom stereocenters. The standard InChI is InChI=1S/C11H13BrF3NO/c1-7(16)9-6-8(12)2-3-10(9)17-5-4-11(13,14)15/h2-3,6-7H,4-5,16H2,1H3/t7-/m0/s1. The van der Waals surface area contributed by atoms with Gasteiger partial charge in [-0.3, -0.25) is 0 Å². The summed E-state index contributed by atoms with van der Waals surface area (Å²) in [6.45, 7) is 1.35. The summed E-state index contributed by atoms with van der Waals surface area (Å²) < 4.78 is 41.8. The number of benzene rings is 1. The molecule has 6 heteroatoms. The molecule has 1 rings (SSSR count). The van der Waals surface area contributed by atoms with Crippen molar-refractivity contribution < 1.29 is 17.9 Å². The molecule has 17 heavy (non-hydrogen) atoms. The Kier molecular flexibility index (Phi) is 4.82. The van der Waals surface area contributed by atoms with E-state index in [1.807, 2.05) is 0 Å². The number of nitrogens with two attached hydrogens (primary N) is 1. The summed E-state index contributed by atoms with van der Waals surface area (Å²) in [5.74, 6) is 0.396. The van der Waals surface area contributed by atoms with Gasteiger partial charge in [0.25, 0.3) is 0 Å².